The van der Waals surface area contributed by atoms with Crippen LogP contribution in [0.5, 0.6) is 0 Å². The molecule has 2 aromatic rings. The number of aromatic nitrogens is 1. The second-order valence-corrected chi connectivity index (χ2v) is 9.42. The van der Waals surface area contributed by atoms with E-state index in [2.05, 4.69) is 17.2 Å². The first kappa shape index (κ1) is 21.7. The molecule has 1 aromatic heterocycles. The van der Waals surface area contributed by atoms with Crippen molar-refractivity contribution < 1.29 is 14.3 Å². The molecule has 4 atom stereocenters. The van der Waals surface area contributed by atoms with Crippen LogP contribution in [0.25, 0.3) is 0 Å². The van der Waals surface area contributed by atoms with Gasteiger partial charge in [0, 0.05) is 24.2 Å². The summed E-state index contributed by atoms with van der Waals surface area (Å²) in [6.07, 6.45) is 7.44. The molecular formula is C24H29N3O3S. The largest absolute Gasteiger partial charge is 0.444 e. The van der Waals surface area contributed by atoms with Crippen LogP contribution < -0.4 is 5.32 Å². The topological polar surface area (TPSA) is 71.5 Å². The number of benzene rings is 1. The summed E-state index contributed by atoms with van der Waals surface area (Å²) in [5.74, 6) is 0.918. The van der Waals surface area contributed by atoms with Crippen molar-refractivity contribution in [3.05, 3.63) is 66.0 Å². The van der Waals surface area contributed by atoms with Crippen molar-refractivity contribution in [1.82, 2.24) is 15.2 Å². The van der Waals surface area contributed by atoms with Gasteiger partial charge in [0.1, 0.15) is 18.0 Å². The van der Waals surface area contributed by atoms with Crippen LogP contribution in [0.15, 0.2) is 54.9 Å². The van der Waals surface area contributed by atoms with E-state index < -0.39 is 12.1 Å². The molecule has 6 nitrogen and oxygen atoms in total. The van der Waals surface area contributed by atoms with Gasteiger partial charge in [-0.3, -0.25) is 14.7 Å². The zero-order valence-electron chi connectivity index (χ0n) is 17.8. The first-order valence-corrected chi connectivity index (χ1v) is 12.0. The van der Waals surface area contributed by atoms with E-state index in [0.717, 1.165) is 30.4 Å². The van der Waals surface area contributed by atoms with Crippen LogP contribution in [0.3, 0.4) is 0 Å². The summed E-state index contributed by atoms with van der Waals surface area (Å²) in [7, 11) is 0. The quantitative estimate of drug-likeness (QED) is 0.741. The molecule has 0 spiro atoms. The second kappa shape index (κ2) is 10.2. The number of ether oxygens (including phenoxy) is 1. The van der Waals surface area contributed by atoms with Gasteiger partial charge < -0.3 is 10.1 Å². The first-order chi connectivity index (χ1) is 15.1. The Bertz CT molecular complexity index is 880. The van der Waals surface area contributed by atoms with Crippen molar-refractivity contribution in [2.75, 3.05) is 5.75 Å². The molecule has 1 N–H and O–H groups in total. The SMILES string of the molecule is CC1CCCCC1NC(=O)[C@@H]1CSC(c2ccncc2)N1C(=O)OCc1ccccc1. The van der Waals surface area contributed by atoms with E-state index in [1.807, 2.05) is 42.5 Å². The molecule has 2 heterocycles. The Kier molecular flexibility index (Phi) is 7.12. The van der Waals surface area contributed by atoms with Crippen LogP contribution in [0.4, 0.5) is 4.79 Å². The Hall–Kier alpha value is -2.54. The molecule has 31 heavy (non-hydrogen) atoms. The average molecular weight is 440 g/mol. The van der Waals surface area contributed by atoms with Gasteiger partial charge in [-0.2, -0.15) is 0 Å². The fourth-order valence-electron chi connectivity index (χ4n) is 4.32. The highest BCUT2D eigenvalue weighted by atomic mass is 32.2. The normalized spacial score (nSPS) is 25.8. The molecule has 2 fully saturated rings. The number of nitrogens with one attached hydrogen (secondary N) is 1. The van der Waals surface area contributed by atoms with Gasteiger partial charge in [-0.1, -0.05) is 50.1 Å². The Morgan fingerprint density at radius 3 is 2.61 bits per heavy atom. The van der Waals surface area contributed by atoms with Crippen LogP contribution in [-0.2, 0) is 16.1 Å². The van der Waals surface area contributed by atoms with Crippen LogP contribution in [0.1, 0.15) is 49.1 Å². The summed E-state index contributed by atoms with van der Waals surface area (Å²) in [6.45, 7) is 2.37. The number of thioether (sulfide) groups is 1. The van der Waals surface area contributed by atoms with Crippen molar-refractivity contribution >= 4 is 23.8 Å². The summed E-state index contributed by atoms with van der Waals surface area (Å²) in [6, 6.07) is 13.0. The molecule has 0 radical (unpaired) electrons. The van der Waals surface area contributed by atoms with E-state index in [1.165, 1.54) is 6.42 Å². The number of carbonyl (C=O) groups is 2. The number of carbonyl (C=O) groups excluding carboxylic acids is 2. The third-order valence-corrected chi connectivity index (χ3v) is 7.47. The molecule has 4 rings (SSSR count). The molecule has 1 saturated heterocycles. The maximum absolute atomic E-state index is 13.2. The number of nitrogens with zero attached hydrogens (tertiary/aromatic N) is 2. The molecular weight excluding hydrogens is 410 g/mol. The fourth-order valence-corrected chi connectivity index (χ4v) is 5.74. The van der Waals surface area contributed by atoms with Gasteiger partial charge in [0.05, 0.1) is 0 Å². The summed E-state index contributed by atoms with van der Waals surface area (Å²) in [4.78, 5) is 32.1. The van der Waals surface area contributed by atoms with Crippen molar-refractivity contribution in [3.63, 3.8) is 0 Å². The standard InChI is InChI=1S/C24H29N3O3S/c1-17-7-5-6-10-20(17)26-22(28)21-16-31-23(19-11-13-25-14-12-19)27(21)24(29)30-15-18-8-3-2-4-9-18/h2-4,8-9,11-14,17,20-21,23H,5-7,10,15-16H2,1H3,(H,26,28)/t17?,20?,21-,23?/m0/s1. The van der Waals surface area contributed by atoms with Crippen molar-refractivity contribution in [1.29, 1.82) is 0 Å². The van der Waals surface area contributed by atoms with Crippen LogP contribution >= 0.6 is 11.8 Å². The van der Waals surface area contributed by atoms with E-state index in [0.29, 0.717) is 11.7 Å². The van der Waals surface area contributed by atoms with Gasteiger partial charge in [0.25, 0.3) is 0 Å². The van der Waals surface area contributed by atoms with E-state index in [9.17, 15) is 9.59 Å². The van der Waals surface area contributed by atoms with Crippen molar-refractivity contribution in [2.24, 2.45) is 5.92 Å². The minimum absolute atomic E-state index is 0.0838. The van der Waals surface area contributed by atoms with E-state index in [1.54, 1.807) is 29.1 Å². The number of amides is 2. The highest BCUT2D eigenvalue weighted by Crippen LogP contribution is 2.42. The van der Waals surface area contributed by atoms with Crippen LogP contribution in [0, 0.1) is 5.92 Å². The third-order valence-electron chi connectivity index (χ3n) is 6.15. The van der Waals surface area contributed by atoms with Gasteiger partial charge in [0.2, 0.25) is 5.91 Å². The van der Waals surface area contributed by atoms with E-state index in [-0.39, 0.29) is 23.9 Å². The lowest BCUT2D eigenvalue weighted by Gasteiger charge is -2.33. The summed E-state index contributed by atoms with van der Waals surface area (Å²) < 4.78 is 5.63. The number of rotatable bonds is 5. The number of hydrogen-bond acceptors (Lipinski definition) is 5. The number of hydrogen-bond donors (Lipinski definition) is 1. The highest BCUT2D eigenvalue weighted by Gasteiger charge is 2.44. The maximum atomic E-state index is 13.2. The van der Waals surface area contributed by atoms with Gasteiger partial charge in [-0.05, 0) is 42.0 Å². The molecule has 1 aliphatic carbocycles. The maximum Gasteiger partial charge on any atom is 0.412 e. The zero-order valence-corrected chi connectivity index (χ0v) is 18.6. The molecule has 2 aliphatic rings. The zero-order chi connectivity index (χ0) is 21.6. The van der Waals surface area contributed by atoms with Crippen molar-refractivity contribution in [3.8, 4) is 0 Å². The lowest BCUT2D eigenvalue weighted by molar-refractivity contribution is -0.126. The smallest absolute Gasteiger partial charge is 0.412 e. The Labute approximate surface area is 187 Å². The van der Waals surface area contributed by atoms with E-state index in [4.69, 9.17) is 4.74 Å². The lowest BCUT2D eigenvalue weighted by Crippen LogP contribution is -2.52. The predicted molar refractivity (Wildman–Crippen MR) is 121 cm³/mol. The van der Waals surface area contributed by atoms with Gasteiger partial charge in [-0.25, -0.2) is 4.79 Å². The summed E-state index contributed by atoms with van der Waals surface area (Å²) >= 11 is 1.59. The first-order valence-electron chi connectivity index (χ1n) is 10.9. The molecule has 0 bridgehead atoms. The summed E-state index contributed by atoms with van der Waals surface area (Å²) in [5, 5.41) is 2.95. The Morgan fingerprint density at radius 2 is 1.87 bits per heavy atom. The van der Waals surface area contributed by atoms with Gasteiger partial charge in [0.15, 0.2) is 0 Å². The third kappa shape index (κ3) is 5.21. The van der Waals surface area contributed by atoms with Crippen LogP contribution in [0.2, 0.25) is 0 Å². The minimum atomic E-state index is -0.555. The molecule has 3 unspecified atom stereocenters. The average Bonchev–Trinajstić information content (AvgIpc) is 3.26. The highest BCUT2D eigenvalue weighted by molar-refractivity contribution is 7.99. The van der Waals surface area contributed by atoms with E-state index >= 15 is 0 Å². The Morgan fingerprint density at radius 1 is 1.13 bits per heavy atom. The van der Waals surface area contributed by atoms with Crippen LogP contribution in [-0.4, -0.2) is 39.7 Å². The monoisotopic (exact) mass is 439 g/mol. The van der Waals surface area contributed by atoms with Gasteiger partial charge in [-0.15, -0.1) is 11.8 Å². The fraction of sp³-hybridized carbons (Fsp3) is 0.458. The molecule has 2 amide bonds. The molecule has 1 saturated carbocycles. The predicted octanol–water partition coefficient (Wildman–Crippen LogP) is 4.53. The minimum Gasteiger partial charge on any atom is -0.444 e. The molecule has 164 valence electrons. The number of pyridine rings is 1. The van der Waals surface area contributed by atoms with Crippen molar-refractivity contribution in [2.45, 2.75) is 56.7 Å². The second-order valence-electron chi connectivity index (χ2n) is 8.31. The molecule has 1 aliphatic heterocycles. The lowest BCUT2D eigenvalue weighted by atomic mass is 9.86. The summed E-state index contributed by atoms with van der Waals surface area (Å²) in [5.41, 5.74) is 1.86. The molecule has 1 aromatic carbocycles. The van der Waals surface area contributed by atoms with Gasteiger partial charge >= 0.3 is 6.09 Å². The molecule has 7 heteroatoms. The Balaban J connectivity index is 1.50.